The van der Waals surface area contributed by atoms with Crippen molar-refractivity contribution in [2.75, 3.05) is 11.1 Å². The van der Waals surface area contributed by atoms with E-state index in [4.69, 9.17) is 5.73 Å². The molecule has 0 saturated heterocycles. The molecule has 0 aliphatic carbocycles. The molecule has 3 N–H and O–H groups in total. The molecule has 1 aromatic heterocycles. The number of amides is 1. The molecule has 2 rings (SSSR count). The lowest BCUT2D eigenvalue weighted by Crippen LogP contribution is -2.15. The molecular formula is C15H20N4O. The quantitative estimate of drug-likeness (QED) is 0.882. The van der Waals surface area contributed by atoms with Crippen LogP contribution in [0.15, 0.2) is 30.5 Å². The third-order valence-corrected chi connectivity index (χ3v) is 3.08. The van der Waals surface area contributed by atoms with Crippen molar-refractivity contribution in [1.82, 2.24) is 9.78 Å². The van der Waals surface area contributed by atoms with E-state index in [0.717, 1.165) is 5.69 Å². The first kappa shape index (κ1) is 14.1. The minimum atomic E-state index is -0.299. The fourth-order valence-electron chi connectivity index (χ4n) is 1.93. The number of benzene rings is 1. The van der Waals surface area contributed by atoms with Gasteiger partial charge in [0.15, 0.2) is 5.69 Å². The van der Waals surface area contributed by atoms with Crippen LogP contribution in [0.3, 0.4) is 0 Å². The Labute approximate surface area is 118 Å². The van der Waals surface area contributed by atoms with E-state index >= 15 is 0 Å². The third kappa shape index (κ3) is 2.99. The molecule has 0 fully saturated rings. The van der Waals surface area contributed by atoms with Crippen molar-refractivity contribution in [3.05, 3.63) is 41.7 Å². The van der Waals surface area contributed by atoms with Gasteiger partial charge in [0.05, 0.1) is 5.69 Å². The summed E-state index contributed by atoms with van der Waals surface area (Å²) in [7, 11) is 1.73. The van der Waals surface area contributed by atoms with Crippen molar-refractivity contribution in [3.63, 3.8) is 0 Å². The number of nitrogen functional groups attached to an aromatic ring is 1. The van der Waals surface area contributed by atoms with Gasteiger partial charge in [0.1, 0.15) is 0 Å². The van der Waals surface area contributed by atoms with E-state index in [-0.39, 0.29) is 17.0 Å². The van der Waals surface area contributed by atoms with Gasteiger partial charge in [0.2, 0.25) is 0 Å². The number of aromatic nitrogens is 2. The fourth-order valence-corrected chi connectivity index (χ4v) is 1.93. The Bertz CT molecular complexity index is 620. The molecule has 0 aliphatic heterocycles. The molecule has 0 atom stereocenters. The molecular weight excluding hydrogens is 252 g/mol. The van der Waals surface area contributed by atoms with Crippen LogP contribution in [0, 0.1) is 0 Å². The van der Waals surface area contributed by atoms with Gasteiger partial charge in [0, 0.05) is 18.9 Å². The van der Waals surface area contributed by atoms with Crippen LogP contribution in [0.5, 0.6) is 0 Å². The average molecular weight is 272 g/mol. The Hall–Kier alpha value is -2.30. The topological polar surface area (TPSA) is 72.9 Å². The molecule has 0 spiro atoms. The van der Waals surface area contributed by atoms with Gasteiger partial charge < -0.3 is 11.1 Å². The fraction of sp³-hybridized carbons (Fsp3) is 0.333. The molecule has 0 bridgehead atoms. The number of hydrogen-bond acceptors (Lipinski definition) is 3. The van der Waals surface area contributed by atoms with Gasteiger partial charge in [-0.1, -0.05) is 32.9 Å². The summed E-state index contributed by atoms with van der Waals surface area (Å²) < 4.78 is 1.52. The van der Waals surface area contributed by atoms with Gasteiger partial charge in [0.25, 0.3) is 5.91 Å². The average Bonchev–Trinajstić information content (AvgIpc) is 2.68. The van der Waals surface area contributed by atoms with E-state index < -0.39 is 0 Å². The number of hydrogen-bond donors (Lipinski definition) is 2. The van der Waals surface area contributed by atoms with E-state index in [0.29, 0.717) is 5.69 Å². The predicted octanol–water partition coefficient (Wildman–Crippen LogP) is 2.55. The van der Waals surface area contributed by atoms with Gasteiger partial charge in [-0.05, 0) is 23.1 Å². The highest BCUT2D eigenvalue weighted by atomic mass is 16.2. The van der Waals surface area contributed by atoms with Crippen molar-refractivity contribution in [3.8, 4) is 0 Å². The minimum Gasteiger partial charge on any atom is -0.396 e. The number of nitrogens with one attached hydrogen (secondary N) is 1. The molecule has 5 nitrogen and oxygen atoms in total. The molecule has 0 radical (unpaired) electrons. The monoisotopic (exact) mass is 272 g/mol. The summed E-state index contributed by atoms with van der Waals surface area (Å²) in [6.45, 7) is 6.44. The maximum atomic E-state index is 12.1. The van der Waals surface area contributed by atoms with Crippen molar-refractivity contribution in [1.29, 1.82) is 0 Å². The minimum absolute atomic E-state index is 0.0912. The van der Waals surface area contributed by atoms with Crippen LogP contribution in [-0.4, -0.2) is 15.7 Å². The summed E-state index contributed by atoms with van der Waals surface area (Å²) in [6, 6.07) is 7.80. The molecule has 5 heteroatoms. The number of nitrogens with zero attached hydrogens (tertiary/aromatic N) is 2. The lowest BCUT2D eigenvalue weighted by molar-refractivity contribution is 0.102. The number of nitrogens with two attached hydrogens (primary N) is 1. The summed E-state index contributed by atoms with van der Waals surface area (Å²) >= 11 is 0. The molecule has 1 amide bonds. The van der Waals surface area contributed by atoms with Crippen LogP contribution in [0.4, 0.5) is 11.4 Å². The predicted molar refractivity (Wildman–Crippen MR) is 80.7 cm³/mol. The van der Waals surface area contributed by atoms with Crippen molar-refractivity contribution in [2.45, 2.75) is 26.2 Å². The van der Waals surface area contributed by atoms with Gasteiger partial charge in [-0.2, -0.15) is 5.10 Å². The van der Waals surface area contributed by atoms with Gasteiger partial charge in [-0.25, -0.2) is 0 Å². The highest BCUT2D eigenvalue weighted by Crippen LogP contribution is 2.23. The Morgan fingerprint density at radius 3 is 2.30 bits per heavy atom. The Morgan fingerprint density at radius 1 is 1.25 bits per heavy atom. The van der Waals surface area contributed by atoms with Gasteiger partial charge in [-0.15, -0.1) is 0 Å². The van der Waals surface area contributed by atoms with Crippen molar-refractivity contribution in [2.24, 2.45) is 7.05 Å². The molecule has 1 aromatic carbocycles. The smallest absolute Gasteiger partial charge is 0.278 e. The van der Waals surface area contributed by atoms with Crippen LogP contribution >= 0.6 is 0 Å². The highest BCUT2D eigenvalue weighted by molar-refractivity contribution is 6.06. The van der Waals surface area contributed by atoms with Crippen LogP contribution in [0.2, 0.25) is 0 Å². The first-order valence-electron chi connectivity index (χ1n) is 6.48. The molecule has 1 heterocycles. The zero-order valence-electron chi connectivity index (χ0n) is 12.3. The summed E-state index contributed by atoms with van der Waals surface area (Å²) in [5, 5.41) is 6.84. The highest BCUT2D eigenvalue weighted by Gasteiger charge is 2.16. The molecule has 106 valence electrons. The second-order valence-electron chi connectivity index (χ2n) is 5.89. The zero-order chi connectivity index (χ0) is 14.9. The summed E-state index contributed by atoms with van der Waals surface area (Å²) in [5.74, 6) is -0.299. The Kier molecular flexibility index (Phi) is 3.53. The van der Waals surface area contributed by atoms with E-state index in [1.807, 2.05) is 24.3 Å². The maximum Gasteiger partial charge on any atom is 0.278 e. The number of aryl methyl sites for hydroxylation is 1. The molecule has 20 heavy (non-hydrogen) atoms. The summed E-state index contributed by atoms with van der Waals surface area (Å²) in [5.41, 5.74) is 8.38. The normalized spacial score (nSPS) is 11.4. The van der Waals surface area contributed by atoms with E-state index in [1.54, 1.807) is 13.2 Å². The standard InChI is InChI=1S/C15H20N4O/c1-15(2,3)10-5-7-11(8-6-10)17-14(20)13-12(16)9-19(4)18-13/h5-9H,16H2,1-4H3,(H,17,20). The van der Waals surface area contributed by atoms with Crippen LogP contribution in [-0.2, 0) is 12.5 Å². The molecule has 0 unspecified atom stereocenters. The van der Waals surface area contributed by atoms with Crippen LogP contribution in [0.25, 0.3) is 0 Å². The number of carbonyl (C=O) groups excluding carboxylic acids is 1. The lowest BCUT2D eigenvalue weighted by Gasteiger charge is -2.19. The molecule has 2 aromatic rings. The van der Waals surface area contributed by atoms with Crippen molar-refractivity contribution < 1.29 is 4.79 Å². The first-order chi connectivity index (χ1) is 9.27. The van der Waals surface area contributed by atoms with Crippen LogP contribution < -0.4 is 11.1 Å². The number of carbonyl (C=O) groups is 1. The van der Waals surface area contributed by atoms with Gasteiger partial charge >= 0.3 is 0 Å². The third-order valence-electron chi connectivity index (χ3n) is 3.08. The molecule has 0 saturated carbocycles. The SMILES string of the molecule is Cn1cc(N)c(C(=O)Nc2ccc(C(C)(C)C)cc2)n1. The summed E-state index contributed by atoms with van der Waals surface area (Å²) in [6.07, 6.45) is 1.61. The van der Waals surface area contributed by atoms with Gasteiger partial charge in [-0.3, -0.25) is 9.48 Å². The van der Waals surface area contributed by atoms with E-state index in [1.165, 1.54) is 10.2 Å². The summed E-state index contributed by atoms with van der Waals surface area (Å²) in [4.78, 5) is 12.1. The lowest BCUT2D eigenvalue weighted by atomic mass is 9.87. The zero-order valence-corrected chi connectivity index (χ0v) is 12.3. The Balaban J connectivity index is 2.14. The largest absolute Gasteiger partial charge is 0.396 e. The van der Waals surface area contributed by atoms with Crippen LogP contribution in [0.1, 0.15) is 36.8 Å². The number of anilines is 2. The second kappa shape index (κ2) is 5.00. The Morgan fingerprint density at radius 2 is 1.85 bits per heavy atom. The van der Waals surface area contributed by atoms with E-state index in [9.17, 15) is 4.79 Å². The molecule has 0 aliphatic rings. The van der Waals surface area contributed by atoms with E-state index in [2.05, 4.69) is 31.2 Å². The first-order valence-corrected chi connectivity index (χ1v) is 6.48. The van der Waals surface area contributed by atoms with Crippen molar-refractivity contribution >= 4 is 17.3 Å². The number of rotatable bonds is 2. The maximum absolute atomic E-state index is 12.1. The second-order valence-corrected chi connectivity index (χ2v) is 5.89.